The molecule has 140 valence electrons. The fraction of sp³-hybridized carbons (Fsp3) is 0.211. The minimum Gasteiger partial charge on any atom is -0.439 e. The largest absolute Gasteiger partial charge is 0.439 e. The number of urea groups is 1. The number of hydrogen-bond acceptors (Lipinski definition) is 4. The van der Waals surface area contributed by atoms with E-state index in [0.29, 0.717) is 24.7 Å². The van der Waals surface area contributed by atoms with Gasteiger partial charge in [-0.1, -0.05) is 12.1 Å². The van der Waals surface area contributed by atoms with Gasteiger partial charge in [0.25, 0.3) is 0 Å². The van der Waals surface area contributed by atoms with Gasteiger partial charge in [0.05, 0.1) is 6.33 Å². The van der Waals surface area contributed by atoms with Crippen molar-refractivity contribution in [3.8, 4) is 11.6 Å². The summed E-state index contributed by atoms with van der Waals surface area (Å²) in [7, 11) is 0. The van der Waals surface area contributed by atoms with E-state index in [4.69, 9.17) is 4.74 Å². The summed E-state index contributed by atoms with van der Waals surface area (Å²) < 4.78 is 20.5. The third-order valence-corrected chi connectivity index (χ3v) is 3.69. The van der Waals surface area contributed by atoms with Crippen LogP contribution in [-0.2, 0) is 13.1 Å². The minimum absolute atomic E-state index is 0.0423. The standard InChI is InChI=1S/C19H20FN5O2/c1-14(12-25-8-7-21-13-25)24-19(26)23-11-15-5-6-18(22-10-15)27-17-4-2-3-16(20)9-17/h2-10,13-14H,11-12H2,1H3,(H2,23,24,26). The van der Waals surface area contributed by atoms with E-state index in [2.05, 4.69) is 20.6 Å². The van der Waals surface area contributed by atoms with Crippen molar-refractivity contribution in [3.05, 3.63) is 72.7 Å². The monoisotopic (exact) mass is 369 g/mol. The first-order chi connectivity index (χ1) is 13.1. The summed E-state index contributed by atoms with van der Waals surface area (Å²) in [4.78, 5) is 20.1. The van der Waals surface area contributed by atoms with E-state index in [1.807, 2.05) is 17.7 Å². The molecule has 0 aliphatic rings. The quantitative estimate of drug-likeness (QED) is 0.671. The van der Waals surface area contributed by atoms with Crippen molar-refractivity contribution in [2.24, 2.45) is 0 Å². The Bertz CT molecular complexity index is 868. The number of pyridine rings is 1. The molecule has 0 spiro atoms. The van der Waals surface area contributed by atoms with Gasteiger partial charge in [-0.25, -0.2) is 19.2 Å². The fourth-order valence-corrected chi connectivity index (χ4v) is 2.44. The van der Waals surface area contributed by atoms with Crippen LogP contribution in [0, 0.1) is 5.82 Å². The summed E-state index contributed by atoms with van der Waals surface area (Å²) in [5.41, 5.74) is 0.819. The zero-order valence-corrected chi connectivity index (χ0v) is 14.8. The van der Waals surface area contributed by atoms with Crippen LogP contribution in [0.3, 0.4) is 0 Å². The van der Waals surface area contributed by atoms with Gasteiger partial charge in [-0.15, -0.1) is 0 Å². The third-order valence-electron chi connectivity index (χ3n) is 3.69. The van der Waals surface area contributed by atoms with Crippen LogP contribution in [0.4, 0.5) is 9.18 Å². The highest BCUT2D eigenvalue weighted by Gasteiger charge is 2.08. The van der Waals surface area contributed by atoms with Gasteiger partial charge in [-0.3, -0.25) is 0 Å². The minimum atomic E-state index is -0.374. The highest BCUT2D eigenvalue weighted by molar-refractivity contribution is 5.74. The number of carbonyl (C=O) groups excluding carboxylic acids is 1. The summed E-state index contributed by atoms with van der Waals surface area (Å²) >= 11 is 0. The van der Waals surface area contributed by atoms with Crippen molar-refractivity contribution in [2.45, 2.75) is 26.1 Å². The van der Waals surface area contributed by atoms with Gasteiger partial charge < -0.3 is 19.9 Å². The van der Waals surface area contributed by atoms with Crippen molar-refractivity contribution in [1.29, 1.82) is 0 Å². The van der Waals surface area contributed by atoms with Crippen LogP contribution in [0.2, 0.25) is 0 Å². The van der Waals surface area contributed by atoms with E-state index in [1.165, 1.54) is 12.1 Å². The Kier molecular flexibility index (Phi) is 5.98. The molecule has 1 aromatic carbocycles. The van der Waals surface area contributed by atoms with E-state index >= 15 is 0 Å². The molecule has 2 aromatic heterocycles. The van der Waals surface area contributed by atoms with Gasteiger partial charge in [0.2, 0.25) is 5.88 Å². The Morgan fingerprint density at radius 1 is 1.33 bits per heavy atom. The Hall–Kier alpha value is -3.42. The lowest BCUT2D eigenvalue weighted by molar-refractivity contribution is 0.236. The topological polar surface area (TPSA) is 81.1 Å². The molecule has 2 heterocycles. The number of aromatic nitrogens is 3. The van der Waals surface area contributed by atoms with Crippen molar-refractivity contribution in [2.75, 3.05) is 0 Å². The molecule has 0 radical (unpaired) electrons. The number of benzene rings is 1. The van der Waals surface area contributed by atoms with Crippen LogP contribution in [0.5, 0.6) is 11.6 Å². The van der Waals surface area contributed by atoms with Crippen LogP contribution >= 0.6 is 0 Å². The average Bonchev–Trinajstić information content (AvgIpc) is 3.14. The van der Waals surface area contributed by atoms with Crippen molar-refractivity contribution in [3.63, 3.8) is 0 Å². The number of hydrogen-bond donors (Lipinski definition) is 2. The number of nitrogens with zero attached hydrogens (tertiary/aromatic N) is 3. The summed E-state index contributed by atoms with van der Waals surface area (Å²) in [6.07, 6.45) is 6.84. The molecule has 1 atom stereocenters. The maximum absolute atomic E-state index is 13.2. The first kappa shape index (κ1) is 18.4. The van der Waals surface area contributed by atoms with Gasteiger partial charge >= 0.3 is 6.03 Å². The zero-order chi connectivity index (χ0) is 19.1. The number of rotatable bonds is 7. The molecule has 1 unspecified atom stereocenters. The first-order valence-corrected chi connectivity index (χ1v) is 8.47. The maximum Gasteiger partial charge on any atom is 0.315 e. The molecule has 0 aliphatic heterocycles. The van der Waals surface area contributed by atoms with E-state index in [0.717, 1.165) is 5.56 Å². The van der Waals surface area contributed by atoms with Gasteiger partial charge in [-0.2, -0.15) is 0 Å². The molecule has 2 amide bonds. The highest BCUT2D eigenvalue weighted by Crippen LogP contribution is 2.19. The van der Waals surface area contributed by atoms with Gasteiger partial charge in [0.1, 0.15) is 11.6 Å². The first-order valence-electron chi connectivity index (χ1n) is 8.47. The van der Waals surface area contributed by atoms with Crippen molar-refractivity contribution >= 4 is 6.03 Å². The maximum atomic E-state index is 13.2. The summed E-state index contributed by atoms with van der Waals surface area (Å²) in [6.45, 7) is 2.89. The molecule has 3 rings (SSSR count). The molecule has 27 heavy (non-hydrogen) atoms. The fourth-order valence-electron chi connectivity index (χ4n) is 2.44. The van der Waals surface area contributed by atoms with Gasteiger partial charge in [0.15, 0.2) is 0 Å². The van der Waals surface area contributed by atoms with E-state index < -0.39 is 0 Å². The molecular weight excluding hydrogens is 349 g/mol. The number of amides is 2. The van der Waals surface area contributed by atoms with Crippen LogP contribution < -0.4 is 15.4 Å². The van der Waals surface area contributed by atoms with Gasteiger partial charge in [0, 0.05) is 49.9 Å². The van der Waals surface area contributed by atoms with E-state index in [9.17, 15) is 9.18 Å². The Morgan fingerprint density at radius 2 is 2.22 bits per heavy atom. The molecule has 0 aliphatic carbocycles. The predicted molar refractivity (Wildman–Crippen MR) is 97.8 cm³/mol. The second kappa shape index (κ2) is 8.79. The van der Waals surface area contributed by atoms with Gasteiger partial charge in [-0.05, 0) is 24.6 Å². The molecule has 0 bridgehead atoms. The Labute approximate surface area is 156 Å². The normalized spacial score (nSPS) is 11.6. The number of carbonyl (C=O) groups is 1. The van der Waals surface area contributed by atoms with E-state index in [-0.39, 0.29) is 17.9 Å². The van der Waals surface area contributed by atoms with Crippen molar-refractivity contribution in [1.82, 2.24) is 25.2 Å². The number of nitrogens with one attached hydrogen (secondary N) is 2. The van der Waals surface area contributed by atoms with E-state index in [1.54, 1.807) is 43.0 Å². The lowest BCUT2D eigenvalue weighted by atomic mass is 10.3. The zero-order valence-electron chi connectivity index (χ0n) is 14.8. The molecule has 7 nitrogen and oxygen atoms in total. The second-order valence-electron chi connectivity index (χ2n) is 6.05. The average molecular weight is 369 g/mol. The summed E-state index contributed by atoms with van der Waals surface area (Å²) in [5, 5.41) is 5.64. The molecule has 2 N–H and O–H groups in total. The third kappa shape index (κ3) is 5.81. The summed E-state index contributed by atoms with van der Waals surface area (Å²) in [5.74, 6) is 0.351. The molecule has 0 saturated heterocycles. The predicted octanol–water partition coefficient (Wildman–Crippen LogP) is 3.10. The van der Waals surface area contributed by atoms with Crippen LogP contribution in [-0.4, -0.2) is 26.6 Å². The molecule has 8 heteroatoms. The Balaban J connectivity index is 1.44. The molecule has 0 fully saturated rings. The van der Waals surface area contributed by atoms with Crippen LogP contribution in [0.25, 0.3) is 0 Å². The molecular formula is C19H20FN5O2. The number of halogens is 1. The molecule has 3 aromatic rings. The van der Waals surface area contributed by atoms with Crippen LogP contribution in [0.15, 0.2) is 61.3 Å². The Morgan fingerprint density at radius 3 is 2.93 bits per heavy atom. The lowest BCUT2D eigenvalue weighted by Crippen LogP contribution is -2.42. The lowest BCUT2D eigenvalue weighted by Gasteiger charge is -2.15. The summed E-state index contributed by atoms with van der Waals surface area (Å²) in [6, 6.07) is 8.99. The SMILES string of the molecule is CC(Cn1ccnc1)NC(=O)NCc1ccc(Oc2cccc(F)c2)nc1. The number of ether oxygens (including phenoxy) is 1. The highest BCUT2D eigenvalue weighted by atomic mass is 19.1. The number of imidazole rings is 1. The van der Waals surface area contributed by atoms with Crippen molar-refractivity contribution < 1.29 is 13.9 Å². The smallest absolute Gasteiger partial charge is 0.315 e. The van der Waals surface area contributed by atoms with Crippen LogP contribution in [0.1, 0.15) is 12.5 Å². The second-order valence-corrected chi connectivity index (χ2v) is 6.05. The molecule has 0 saturated carbocycles.